The molecule has 1 aromatic heterocycles. The van der Waals surface area contributed by atoms with Gasteiger partial charge in [-0.15, -0.1) is 0 Å². The number of benzene rings is 1. The summed E-state index contributed by atoms with van der Waals surface area (Å²) in [6, 6.07) is 10.1. The molecule has 3 rings (SSSR count). The molecule has 25 heavy (non-hydrogen) atoms. The van der Waals surface area contributed by atoms with E-state index in [0.29, 0.717) is 37.9 Å². The van der Waals surface area contributed by atoms with Gasteiger partial charge in [-0.05, 0) is 30.3 Å². The maximum atomic E-state index is 12.8. The van der Waals surface area contributed by atoms with Crippen LogP contribution in [0.4, 0.5) is 0 Å². The van der Waals surface area contributed by atoms with Gasteiger partial charge in [-0.2, -0.15) is 4.31 Å². The van der Waals surface area contributed by atoms with E-state index >= 15 is 0 Å². The Kier molecular flexibility index (Phi) is 5.82. The molecule has 2 aromatic rings. The number of hydrogen-bond acceptors (Lipinski definition) is 4. The fourth-order valence-electron chi connectivity index (χ4n) is 2.69. The second kappa shape index (κ2) is 7.73. The van der Waals surface area contributed by atoms with E-state index in [9.17, 15) is 8.42 Å². The van der Waals surface area contributed by atoms with Gasteiger partial charge < -0.3 is 4.57 Å². The smallest absolute Gasteiger partial charge is 0.243 e. The third kappa shape index (κ3) is 4.24. The minimum atomic E-state index is -3.57. The Labute approximate surface area is 162 Å². The molecule has 0 spiro atoms. The molecule has 0 saturated carbocycles. The summed E-state index contributed by atoms with van der Waals surface area (Å²) in [5.41, 5.74) is 0. The molecule has 134 valence electrons. The van der Waals surface area contributed by atoms with Crippen molar-refractivity contribution < 1.29 is 8.42 Å². The highest BCUT2D eigenvalue weighted by atomic mass is 35.5. The van der Waals surface area contributed by atoms with E-state index in [1.165, 1.54) is 22.5 Å². The van der Waals surface area contributed by atoms with Gasteiger partial charge in [-0.3, -0.25) is 4.90 Å². The zero-order chi connectivity index (χ0) is 18.0. The number of halogens is 2. The van der Waals surface area contributed by atoms with Crippen molar-refractivity contribution in [3.05, 3.63) is 57.3 Å². The van der Waals surface area contributed by atoms with Crippen molar-refractivity contribution in [3.63, 3.8) is 0 Å². The highest BCUT2D eigenvalue weighted by Crippen LogP contribution is 2.27. The molecule has 0 bridgehead atoms. The van der Waals surface area contributed by atoms with Crippen molar-refractivity contribution >= 4 is 45.4 Å². The van der Waals surface area contributed by atoms with Crippen molar-refractivity contribution in [1.82, 2.24) is 13.8 Å². The monoisotopic (exact) mass is 417 g/mol. The van der Waals surface area contributed by atoms with E-state index < -0.39 is 10.0 Å². The largest absolute Gasteiger partial charge is 0.326 e. The summed E-state index contributed by atoms with van der Waals surface area (Å²) >= 11 is 17.1. The molecule has 1 fully saturated rings. The highest BCUT2D eigenvalue weighted by molar-refractivity contribution is 7.89. The molecule has 1 saturated heterocycles. The Morgan fingerprint density at radius 2 is 1.72 bits per heavy atom. The average molecular weight is 418 g/mol. The molecule has 0 radical (unpaired) electrons. The van der Waals surface area contributed by atoms with E-state index in [1.54, 1.807) is 0 Å². The van der Waals surface area contributed by atoms with Crippen molar-refractivity contribution in [1.29, 1.82) is 0 Å². The number of piperazine rings is 1. The van der Waals surface area contributed by atoms with Crippen LogP contribution in [0.1, 0.15) is 0 Å². The molecule has 2 heterocycles. The first-order valence-corrected chi connectivity index (χ1v) is 10.3. The summed E-state index contributed by atoms with van der Waals surface area (Å²) in [4.78, 5) is 2.34. The van der Waals surface area contributed by atoms with Crippen molar-refractivity contribution in [2.75, 3.05) is 26.2 Å². The standard InChI is InChI=1S/C16H17Cl2N3O2S2/c17-14-5-4-13(11-15(14)18)25(22,23)21-9-7-19(8-10-21)12-20-6-2-1-3-16(20)24/h1-6,11H,7-10,12H2. The number of hydrogen-bond donors (Lipinski definition) is 0. The van der Waals surface area contributed by atoms with Crippen LogP contribution in [0.25, 0.3) is 0 Å². The molecule has 0 amide bonds. The van der Waals surface area contributed by atoms with Crippen molar-refractivity contribution in [2.45, 2.75) is 11.6 Å². The van der Waals surface area contributed by atoms with Crippen molar-refractivity contribution in [3.8, 4) is 0 Å². The predicted molar refractivity (Wildman–Crippen MR) is 102 cm³/mol. The lowest BCUT2D eigenvalue weighted by Crippen LogP contribution is -2.48. The summed E-state index contributed by atoms with van der Waals surface area (Å²) < 4.78 is 29.7. The second-order valence-corrected chi connectivity index (χ2v) is 8.92. The molecule has 1 aromatic carbocycles. The van der Waals surface area contributed by atoms with Crippen LogP contribution in [0.15, 0.2) is 47.5 Å². The lowest BCUT2D eigenvalue weighted by Gasteiger charge is -2.34. The third-order valence-electron chi connectivity index (χ3n) is 4.11. The van der Waals surface area contributed by atoms with Crippen LogP contribution < -0.4 is 0 Å². The normalized spacial score (nSPS) is 16.9. The van der Waals surface area contributed by atoms with Gasteiger partial charge in [-0.1, -0.05) is 41.5 Å². The van der Waals surface area contributed by atoms with Crippen molar-refractivity contribution in [2.24, 2.45) is 0 Å². The molecule has 0 unspecified atom stereocenters. The summed E-state index contributed by atoms with van der Waals surface area (Å²) in [5, 5.41) is 0.574. The highest BCUT2D eigenvalue weighted by Gasteiger charge is 2.28. The summed E-state index contributed by atoms with van der Waals surface area (Å²) in [5.74, 6) is 0. The van der Waals surface area contributed by atoms with E-state index in [-0.39, 0.29) is 9.92 Å². The van der Waals surface area contributed by atoms with Crippen LogP contribution in [0.2, 0.25) is 10.0 Å². The number of sulfonamides is 1. The Bertz CT molecular complexity index is 923. The minimum Gasteiger partial charge on any atom is -0.326 e. The molecule has 9 heteroatoms. The molecule has 0 aliphatic carbocycles. The molecule has 0 N–H and O–H groups in total. The van der Waals surface area contributed by atoms with Gasteiger partial charge in [0.1, 0.15) is 4.64 Å². The maximum Gasteiger partial charge on any atom is 0.243 e. The quantitative estimate of drug-likeness (QED) is 0.714. The number of rotatable bonds is 4. The fraction of sp³-hybridized carbons (Fsp3) is 0.312. The maximum absolute atomic E-state index is 12.8. The van der Waals surface area contributed by atoms with E-state index in [2.05, 4.69) is 4.90 Å². The Hall–Kier alpha value is -0.960. The lowest BCUT2D eigenvalue weighted by atomic mass is 10.4. The van der Waals surface area contributed by atoms with Crippen LogP contribution in [0.3, 0.4) is 0 Å². The average Bonchev–Trinajstić information content (AvgIpc) is 2.60. The lowest BCUT2D eigenvalue weighted by molar-refractivity contribution is 0.151. The molecule has 1 aliphatic heterocycles. The van der Waals surface area contributed by atoms with E-state index in [4.69, 9.17) is 35.4 Å². The predicted octanol–water partition coefficient (Wildman–Crippen LogP) is 3.49. The molecule has 1 aliphatic rings. The summed E-state index contributed by atoms with van der Waals surface area (Å²) in [6.45, 7) is 2.76. The molecular formula is C16H17Cl2N3O2S2. The van der Waals surface area contributed by atoms with Crippen LogP contribution in [-0.2, 0) is 16.7 Å². The van der Waals surface area contributed by atoms with Gasteiger partial charge in [0.15, 0.2) is 0 Å². The molecule has 5 nitrogen and oxygen atoms in total. The zero-order valence-corrected chi connectivity index (χ0v) is 16.5. The number of aromatic nitrogens is 1. The molecular weight excluding hydrogens is 401 g/mol. The first kappa shape index (κ1) is 18.8. The van der Waals surface area contributed by atoms with Crippen LogP contribution in [0, 0.1) is 4.64 Å². The second-order valence-electron chi connectivity index (χ2n) is 5.75. The Morgan fingerprint density at radius 3 is 2.36 bits per heavy atom. The van der Waals surface area contributed by atoms with Gasteiger partial charge >= 0.3 is 0 Å². The fourth-order valence-corrected chi connectivity index (χ4v) is 4.70. The Balaban J connectivity index is 1.68. The first-order chi connectivity index (χ1) is 11.9. The summed E-state index contributed by atoms with van der Waals surface area (Å²) in [7, 11) is -3.57. The van der Waals surface area contributed by atoms with Crippen LogP contribution >= 0.6 is 35.4 Å². The van der Waals surface area contributed by atoms with Crippen LogP contribution in [-0.4, -0.2) is 48.4 Å². The van der Waals surface area contributed by atoms with E-state index in [1.807, 2.05) is 29.0 Å². The van der Waals surface area contributed by atoms with Gasteiger partial charge in [0.2, 0.25) is 10.0 Å². The third-order valence-corrected chi connectivity index (χ3v) is 7.12. The van der Waals surface area contributed by atoms with Crippen LogP contribution in [0.5, 0.6) is 0 Å². The molecule has 0 atom stereocenters. The first-order valence-electron chi connectivity index (χ1n) is 7.71. The minimum absolute atomic E-state index is 0.167. The summed E-state index contributed by atoms with van der Waals surface area (Å²) in [6.07, 6.45) is 1.93. The zero-order valence-electron chi connectivity index (χ0n) is 13.3. The SMILES string of the molecule is O=S(=O)(c1ccc(Cl)c(Cl)c1)N1CCN(Cn2ccccc2=S)CC1. The van der Waals surface area contributed by atoms with Gasteiger partial charge in [0, 0.05) is 32.4 Å². The van der Waals surface area contributed by atoms with Gasteiger partial charge in [0.05, 0.1) is 21.6 Å². The van der Waals surface area contributed by atoms with Gasteiger partial charge in [0.25, 0.3) is 0 Å². The topological polar surface area (TPSA) is 45.6 Å². The Morgan fingerprint density at radius 1 is 1.00 bits per heavy atom. The van der Waals surface area contributed by atoms with E-state index in [0.717, 1.165) is 4.64 Å². The van der Waals surface area contributed by atoms with Gasteiger partial charge in [-0.25, -0.2) is 8.42 Å². The number of nitrogens with zero attached hydrogens (tertiary/aromatic N) is 3. The number of pyridine rings is 1.